The summed E-state index contributed by atoms with van der Waals surface area (Å²) in [5, 5.41) is 7.89. The van der Waals surface area contributed by atoms with Crippen molar-refractivity contribution in [3.05, 3.63) is 17.5 Å². The summed E-state index contributed by atoms with van der Waals surface area (Å²) < 4.78 is 2.01. The molecule has 0 aliphatic rings. The van der Waals surface area contributed by atoms with Gasteiger partial charge in [0.2, 0.25) is 0 Å². The lowest BCUT2D eigenvalue weighted by atomic mass is 10.0. The number of aryl methyl sites for hydroxylation is 2. The lowest BCUT2D eigenvalue weighted by molar-refractivity contribution is 0.444. The molecular weight excluding hydrogens is 198 g/mol. The fourth-order valence-electron chi connectivity index (χ4n) is 1.98. The van der Waals surface area contributed by atoms with E-state index in [0.717, 1.165) is 12.3 Å². The van der Waals surface area contributed by atoms with E-state index in [1.165, 1.54) is 24.2 Å². The SMILES string of the molecule is CCc1cc(C(CCC(C)C)NC)n(C)n1. The van der Waals surface area contributed by atoms with Crippen molar-refractivity contribution < 1.29 is 0 Å². The van der Waals surface area contributed by atoms with E-state index in [4.69, 9.17) is 0 Å². The van der Waals surface area contributed by atoms with Crippen molar-refractivity contribution in [3.8, 4) is 0 Å². The highest BCUT2D eigenvalue weighted by Crippen LogP contribution is 2.21. The maximum absolute atomic E-state index is 4.50. The summed E-state index contributed by atoms with van der Waals surface area (Å²) in [7, 11) is 4.07. The molecule has 0 bridgehead atoms. The van der Waals surface area contributed by atoms with Gasteiger partial charge in [0, 0.05) is 13.1 Å². The first-order valence-corrected chi connectivity index (χ1v) is 6.28. The van der Waals surface area contributed by atoms with Crippen molar-refractivity contribution in [1.29, 1.82) is 0 Å². The van der Waals surface area contributed by atoms with Crippen LogP contribution in [0.1, 0.15) is 51.0 Å². The summed E-state index contributed by atoms with van der Waals surface area (Å²) in [5.41, 5.74) is 2.49. The van der Waals surface area contributed by atoms with Crippen LogP contribution in [0.4, 0.5) is 0 Å². The minimum atomic E-state index is 0.431. The van der Waals surface area contributed by atoms with Crippen LogP contribution in [-0.4, -0.2) is 16.8 Å². The first-order valence-electron chi connectivity index (χ1n) is 6.28. The summed E-state index contributed by atoms with van der Waals surface area (Å²) in [6.07, 6.45) is 3.43. The molecule has 92 valence electrons. The maximum atomic E-state index is 4.50. The minimum Gasteiger partial charge on any atom is -0.312 e. The van der Waals surface area contributed by atoms with E-state index in [1.807, 2.05) is 18.8 Å². The Morgan fingerprint density at radius 3 is 2.50 bits per heavy atom. The zero-order chi connectivity index (χ0) is 12.1. The van der Waals surface area contributed by atoms with E-state index in [-0.39, 0.29) is 0 Å². The van der Waals surface area contributed by atoms with Gasteiger partial charge in [-0.05, 0) is 38.3 Å². The molecule has 0 amide bonds. The van der Waals surface area contributed by atoms with E-state index in [2.05, 4.69) is 37.3 Å². The van der Waals surface area contributed by atoms with E-state index >= 15 is 0 Å². The van der Waals surface area contributed by atoms with E-state index in [1.54, 1.807) is 0 Å². The van der Waals surface area contributed by atoms with Gasteiger partial charge in [-0.1, -0.05) is 20.8 Å². The van der Waals surface area contributed by atoms with Crippen molar-refractivity contribution in [3.63, 3.8) is 0 Å². The standard InChI is InChI=1S/C13H25N3/c1-6-11-9-13(16(5)15-11)12(14-4)8-7-10(2)3/h9-10,12,14H,6-8H2,1-5H3. The molecule has 0 aromatic carbocycles. The minimum absolute atomic E-state index is 0.431. The number of rotatable bonds is 6. The van der Waals surface area contributed by atoms with Crippen LogP contribution >= 0.6 is 0 Å². The van der Waals surface area contributed by atoms with E-state index in [9.17, 15) is 0 Å². The fourth-order valence-corrected chi connectivity index (χ4v) is 1.98. The van der Waals surface area contributed by atoms with Gasteiger partial charge in [-0.25, -0.2) is 0 Å². The number of nitrogens with zero attached hydrogens (tertiary/aromatic N) is 2. The second kappa shape index (κ2) is 6.04. The quantitative estimate of drug-likeness (QED) is 0.803. The Labute approximate surface area is 99.2 Å². The second-order valence-electron chi connectivity index (χ2n) is 4.85. The molecule has 1 aromatic rings. The van der Waals surface area contributed by atoms with Crippen LogP contribution in [-0.2, 0) is 13.5 Å². The maximum Gasteiger partial charge on any atom is 0.0625 e. The summed E-state index contributed by atoms with van der Waals surface area (Å²) in [5.74, 6) is 0.759. The van der Waals surface area contributed by atoms with Gasteiger partial charge in [-0.3, -0.25) is 4.68 Å². The molecule has 0 saturated carbocycles. The molecule has 0 saturated heterocycles. The normalized spacial score (nSPS) is 13.4. The third-order valence-electron chi connectivity index (χ3n) is 3.07. The van der Waals surface area contributed by atoms with Gasteiger partial charge in [-0.15, -0.1) is 0 Å². The first kappa shape index (κ1) is 13.2. The average molecular weight is 223 g/mol. The van der Waals surface area contributed by atoms with E-state index in [0.29, 0.717) is 6.04 Å². The van der Waals surface area contributed by atoms with Gasteiger partial charge >= 0.3 is 0 Å². The number of nitrogens with one attached hydrogen (secondary N) is 1. The fraction of sp³-hybridized carbons (Fsp3) is 0.769. The predicted octanol–water partition coefficient (Wildman–Crippen LogP) is 2.68. The Morgan fingerprint density at radius 1 is 1.38 bits per heavy atom. The van der Waals surface area contributed by atoms with Crippen LogP contribution in [0.2, 0.25) is 0 Å². The second-order valence-corrected chi connectivity index (χ2v) is 4.85. The van der Waals surface area contributed by atoms with Gasteiger partial charge in [0.1, 0.15) is 0 Å². The molecule has 0 radical (unpaired) electrons. The third-order valence-corrected chi connectivity index (χ3v) is 3.07. The molecule has 3 heteroatoms. The molecule has 0 fully saturated rings. The Hall–Kier alpha value is -0.830. The molecule has 1 heterocycles. The van der Waals surface area contributed by atoms with Gasteiger partial charge in [-0.2, -0.15) is 5.10 Å². The molecule has 1 rings (SSSR count). The van der Waals surface area contributed by atoms with Crippen LogP contribution in [0.25, 0.3) is 0 Å². The number of aromatic nitrogens is 2. The van der Waals surface area contributed by atoms with Gasteiger partial charge < -0.3 is 5.32 Å². The molecule has 1 unspecified atom stereocenters. The topological polar surface area (TPSA) is 29.9 Å². The van der Waals surface area contributed by atoms with Crippen molar-refractivity contribution in [2.75, 3.05) is 7.05 Å². The van der Waals surface area contributed by atoms with Crippen LogP contribution in [0.5, 0.6) is 0 Å². The summed E-state index contributed by atoms with van der Waals surface area (Å²) in [4.78, 5) is 0. The zero-order valence-electron chi connectivity index (χ0n) is 11.2. The van der Waals surface area contributed by atoms with Gasteiger partial charge in [0.05, 0.1) is 11.4 Å². The number of hydrogen-bond donors (Lipinski definition) is 1. The molecular formula is C13H25N3. The van der Waals surface area contributed by atoms with Crippen molar-refractivity contribution >= 4 is 0 Å². The molecule has 0 aliphatic heterocycles. The Balaban J connectivity index is 2.73. The molecule has 1 atom stereocenters. The molecule has 16 heavy (non-hydrogen) atoms. The molecule has 1 aromatic heterocycles. The van der Waals surface area contributed by atoms with E-state index < -0.39 is 0 Å². The van der Waals surface area contributed by atoms with Crippen LogP contribution in [0.15, 0.2) is 6.07 Å². The predicted molar refractivity (Wildman–Crippen MR) is 68.5 cm³/mol. The molecule has 0 spiro atoms. The Morgan fingerprint density at radius 2 is 2.06 bits per heavy atom. The average Bonchev–Trinajstić information content (AvgIpc) is 2.61. The lowest BCUT2D eigenvalue weighted by Crippen LogP contribution is -2.19. The monoisotopic (exact) mass is 223 g/mol. The third kappa shape index (κ3) is 3.34. The first-order chi connectivity index (χ1) is 7.58. The number of hydrogen-bond acceptors (Lipinski definition) is 2. The highest BCUT2D eigenvalue weighted by Gasteiger charge is 2.14. The highest BCUT2D eigenvalue weighted by molar-refractivity contribution is 5.14. The van der Waals surface area contributed by atoms with Crippen molar-refractivity contribution in [2.24, 2.45) is 13.0 Å². The molecule has 0 aliphatic carbocycles. The smallest absolute Gasteiger partial charge is 0.0625 e. The van der Waals surface area contributed by atoms with Gasteiger partial charge in [0.25, 0.3) is 0 Å². The largest absolute Gasteiger partial charge is 0.312 e. The van der Waals surface area contributed by atoms with Crippen molar-refractivity contribution in [1.82, 2.24) is 15.1 Å². The highest BCUT2D eigenvalue weighted by atomic mass is 15.3. The zero-order valence-corrected chi connectivity index (χ0v) is 11.2. The van der Waals surface area contributed by atoms with Gasteiger partial charge in [0.15, 0.2) is 0 Å². The Kier molecular flexibility index (Phi) is 5.00. The van der Waals surface area contributed by atoms with Crippen LogP contribution in [0.3, 0.4) is 0 Å². The molecule has 1 N–H and O–H groups in total. The molecule has 3 nitrogen and oxygen atoms in total. The summed E-state index contributed by atoms with van der Waals surface area (Å²) in [6, 6.07) is 2.65. The lowest BCUT2D eigenvalue weighted by Gasteiger charge is -2.17. The summed E-state index contributed by atoms with van der Waals surface area (Å²) >= 11 is 0. The summed E-state index contributed by atoms with van der Waals surface area (Å²) in [6.45, 7) is 6.69. The Bertz CT molecular complexity index is 315. The van der Waals surface area contributed by atoms with Crippen LogP contribution < -0.4 is 5.32 Å². The van der Waals surface area contributed by atoms with Crippen LogP contribution in [0, 0.1) is 5.92 Å². The van der Waals surface area contributed by atoms with Crippen molar-refractivity contribution in [2.45, 2.75) is 46.1 Å².